The van der Waals surface area contributed by atoms with Crippen molar-refractivity contribution < 1.29 is 27.5 Å². The van der Waals surface area contributed by atoms with Gasteiger partial charge in [-0.3, -0.25) is 9.69 Å². The average Bonchev–Trinajstić information content (AvgIpc) is 2.99. The number of amides is 2. The smallest absolute Gasteiger partial charge is 0.417 e. The van der Waals surface area contributed by atoms with Gasteiger partial charge in [-0.05, 0) is 35.4 Å². The van der Waals surface area contributed by atoms with E-state index in [0.29, 0.717) is 10.6 Å². The molecule has 148 valence electrons. The fraction of sp³-hybridized carbons (Fsp3) is 0.222. The van der Waals surface area contributed by atoms with Gasteiger partial charge in [0.1, 0.15) is 0 Å². The second kappa shape index (κ2) is 7.52. The first kappa shape index (κ1) is 20.3. The number of halogens is 5. The molecule has 1 heterocycles. The second-order valence-corrected chi connectivity index (χ2v) is 6.96. The van der Waals surface area contributed by atoms with E-state index in [1.54, 1.807) is 12.1 Å². The van der Waals surface area contributed by atoms with Crippen LogP contribution in [0.4, 0.5) is 18.0 Å². The summed E-state index contributed by atoms with van der Waals surface area (Å²) in [6, 6.07) is 8.60. The SMILES string of the molecule is NC(=O)C1CN([C@H](c2ccc(Cl)cc2)c2ccc(Cl)c(C(F)(F)F)c2)C(=O)O1. The first-order valence-electron chi connectivity index (χ1n) is 7.96. The fourth-order valence-electron chi connectivity index (χ4n) is 2.97. The average molecular weight is 433 g/mol. The molecule has 2 N–H and O–H groups in total. The molecule has 2 aromatic rings. The molecular formula is C18H13Cl2F3N2O3. The highest BCUT2D eigenvalue weighted by Crippen LogP contribution is 2.39. The summed E-state index contributed by atoms with van der Waals surface area (Å²) >= 11 is 11.6. The molecule has 0 spiro atoms. The summed E-state index contributed by atoms with van der Waals surface area (Å²) in [4.78, 5) is 24.9. The molecule has 0 aliphatic carbocycles. The minimum absolute atomic E-state index is 0.140. The highest BCUT2D eigenvalue weighted by atomic mass is 35.5. The Morgan fingerprint density at radius 1 is 1.14 bits per heavy atom. The van der Waals surface area contributed by atoms with Crippen LogP contribution in [0.25, 0.3) is 0 Å². The summed E-state index contributed by atoms with van der Waals surface area (Å²) < 4.78 is 44.8. The Bertz CT molecular complexity index is 919. The monoisotopic (exact) mass is 432 g/mol. The summed E-state index contributed by atoms with van der Waals surface area (Å²) in [5.41, 5.74) is 4.77. The molecule has 5 nitrogen and oxygen atoms in total. The lowest BCUT2D eigenvalue weighted by atomic mass is 9.95. The molecule has 2 amide bonds. The van der Waals surface area contributed by atoms with Gasteiger partial charge in [0.05, 0.1) is 23.2 Å². The van der Waals surface area contributed by atoms with Crippen molar-refractivity contribution >= 4 is 35.2 Å². The molecule has 0 saturated carbocycles. The van der Waals surface area contributed by atoms with Crippen LogP contribution >= 0.6 is 23.2 Å². The van der Waals surface area contributed by atoms with Gasteiger partial charge in [0, 0.05) is 5.02 Å². The Kier molecular flexibility index (Phi) is 5.45. The van der Waals surface area contributed by atoms with E-state index in [1.165, 1.54) is 18.2 Å². The number of alkyl halides is 3. The minimum Gasteiger partial charge on any atom is -0.434 e. The van der Waals surface area contributed by atoms with Crippen LogP contribution in [0.5, 0.6) is 0 Å². The van der Waals surface area contributed by atoms with Crippen LogP contribution in [-0.4, -0.2) is 29.5 Å². The maximum atomic E-state index is 13.3. The normalized spacial score (nSPS) is 18.1. The van der Waals surface area contributed by atoms with E-state index >= 15 is 0 Å². The number of nitrogens with two attached hydrogens (primary N) is 1. The zero-order valence-electron chi connectivity index (χ0n) is 14.0. The third kappa shape index (κ3) is 4.02. The van der Waals surface area contributed by atoms with Crippen molar-refractivity contribution in [2.24, 2.45) is 5.73 Å². The van der Waals surface area contributed by atoms with Gasteiger partial charge >= 0.3 is 12.3 Å². The minimum atomic E-state index is -4.68. The van der Waals surface area contributed by atoms with E-state index < -0.39 is 40.9 Å². The third-order valence-corrected chi connectivity index (χ3v) is 4.85. The Balaban J connectivity index is 2.11. The standard InChI is InChI=1S/C18H13Cl2F3N2O3/c19-11-4-1-9(2-5-11)15(25-8-14(16(24)26)28-17(25)27)10-3-6-13(20)12(7-10)18(21,22)23/h1-7,14-15H,8H2,(H2,24,26)/t14?,15-/m1/s1. The zero-order chi connectivity index (χ0) is 20.6. The van der Waals surface area contributed by atoms with Crippen molar-refractivity contribution in [3.05, 3.63) is 69.2 Å². The molecule has 10 heteroatoms. The lowest BCUT2D eigenvalue weighted by Crippen LogP contribution is -2.35. The number of rotatable bonds is 4. The first-order chi connectivity index (χ1) is 13.1. The van der Waals surface area contributed by atoms with Crippen LogP contribution in [0, 0.1) is 0 Å². The van der Waals surface area contributed by atoms with Gasteiger partial charge in [0.2, 0.25) is 0 Å². The predicted molar refractivity (Wildman–Crippen MR) is 95.9 cm³/mol. The molecule has 1 unspecified atom stereocenters. The van der Waals surface area contributed by atoms with E-state index in [1.807, 2.05) is 0 Å². The van der Waals surface area contributed by atoms with Crippen molar-refractivity contribution in [1.82, 2.24) is 4.90 Å². The molecule has 28 heavy (non-hydrogen) atoms. The lowest BCUT2D eigenvalue weighted by molar-refractivity contribution is -0.137. The van der Waals surface area contributed by atoms with Gasteiger partial charge in [-0.15, -0.1) is 0 Å². The molecule has 2 aromatic carbocycles. The molecule has 1 saturated heterocycles. The quantitative estimate of drug-likeness (QED) is 0.777. The number of carbonyl (C=O) groups is 2. The molecular weight excluding hydrogens is 420 g/mol. The van der Waals surface area contributed by atoms with Gasteiger partial charge in [-0.2, -0.15) is 13.2 Å². The second-order valence-electron chi connectivity index (χ2n) is 6.12. The number of primary amides is 1. The Morgan fingerprint density at radius 3 is 2.29 bits per heavy atom. The summed E-state index contributed by atoms with van der Waals surface area (Å²) in [6.45, 7) is -0.203. The summed E-state index contributed by atoms with van der Waals surface area (Å²) in [6.07, 6.45) is -6.75. The molecule has 0 radical (unpaired) electrons. The van der Waals surface area contributed by atoms with E-state index in [4.69, 9.17) is 33.7 Å². The van der Waals surface area contributed by atoms with Crippen molar-refractivity contribution in [3.8, 4) is 0 Å². The zero-order valence-corrected chi connectivity index (χ0v) is 15.6. The largest absolute Gasteiger partial charge is 0.434 e. The van der Waals surface area contributed by atoms with E-state index in [9.17, 15) is 22.8 Å². The van der Waals surface area contributed by atoms with Gasteiger partial charge in [-0.25, -0.2) is 4.79 Å². The van der Waals surface area contributed by atoms with Gasteiger partial charge in [0.25, 0.3) is 5.91 Å². The maximum absolute atomic E-state index is 13.3. The molecule has 1 aliphatic heterocycles. The molecule has 3 rings (SSSR count). The van der Waals surface area contributed by atoms with Crippen LogP contribution < -0.4 is 5.73 Å². The van der Waals surface area contributed by atoms with E-state index in [2.05, 4.69) is 0 Å². The maximum Gasteiger partial charge on any atom is 0.417 e. The molecule has 2 atom stereocenters. The number of ether oxygens (including phenoxy) is 1. The molecule has 0 bridgehead atoms. The van der Waals surface area contributed by atoms with Crippen LogP contribution in [-0.2, 0) is 15.7 Å². The van der Waals surface area contributed by atoms with Crippen LogP contribution in [0.3, 0.4) is 0 Å². The molecule has 0 aromatic heterocycles. The van der Waals surface area contributed by atoms with E-state index in [0.717, 1.165) is 17.0 Å². The number of cyclic esters (lactones) is 1. The summed E-state index contributed by atoms with van der Waals surface area (Å²) in [7, 11) is 0. The Labute approximate surface area is 167 Å². The lowest BCUT2D eigenvalue weighted by Gasteiger charge is -2.27. The van der Waals surface area contributed by atoms with Crippen molar-refractivity contribution in [2.45, 2.75) is 18.3 Å². The Morgan fingerprint density at radius 2 is 1.75 bits per heavy atom. The van der Waals surface area contributed by atoms with Gasteiger partial charge < -0.3 is 10.5 Å². The number of hydrogen-bond acceptors (Lipinski definition) is 3. The van der Waals surface area contributed by atoms with Crippen LogP contribution in [0.1, 0.15) is 22.7 Å². The molecule has 1 fully saturated rings. The fourth-order valence-corrected chi connectivity index (χ4v) is 3.32. The van der Waals surface area contributed by atoms with Crippen molar-refractivity contribution in [3.63, 3.8) is 0 Å². The summed E-state index contributed by atoms with van der Waals surface area (Å²) in [5, 5.41) is -0.0567. The van der Waals surface area contributed by atoms with Gasteiger partial charge in [0.15, 0.2) is 6.10 Å². The van der Waals surface area contributed by atoms with Crippen molar-refractivity contribution in [2.75, 3.05) is 6.54 Å². The van der Waals surface area contributed by atoms with Crippen molar-refractivity contribution in [1.29, 1.82) is 0 Å². The first-order valence-corrected chi connectivity index (χ1v) is 8.72. The number of benzene rings is 2. The number of carbonyl (C=O) groups excluding carboxylic acids is 2. The Hall–Kier alpha value is -2.45. The highest BCUT2D eigenvalue weighted by Gasteiger charge is 2.41. The predicted octanol–water partition coefficient (Wildman–Crippen LogP) is 4.41. The van der Waals surface area contributed by atoms with Gasteiger partial charge in [-0.1, -0.05) is 41.4 Å². The number of hydrogen-bond donors (Lipinski definition) is 1. The van der Waals surface area contributed by atoms with E-state index in [-0.39, 0.29) is 12.1 Å². The van der Waals surface area contributed by atoms with Crippen LogP contribution in [0.2, 0.25) is 10.0 Å². The molecule has 1 aliphatic rings. The third-order valence-electron chi connectivity index (χ3n) is 4.27. The number of nitrogens with zero attached hydrogens (tertiary/aromatic N) is 1. The summed E-state index contributed by atoms with van der Waals surface area (Å²) in [5.74, 6) is -0.849. The highest BCUT2D eigenvalue weighted by molar-refractivity contribution is 6.31. The topological polar surface area (TPSA) is 72.6 Å². The van der Waals surface area contributed by atoms with Crippen LogP contribution in [0.15, 0.2) is 42.5 Å².